The van der Waals surface area contributed by atoms with Gasteiger partial charge in [0.2, 0.25) is 0 Å². The van der Waals surface area contributed by atoms with Crippen LogP contribution in [0.15, 0.2) is 28.1 Å². The maximum Gasteiger partial charge on any atom is 0.179 e. The largest absolute Gasteiger partial charge is 0.395 e. The second-order valence-electron chi connectivity index (χ2n) is 5.60. The fraction of sp³-hybridized carbons (Fsp3) is 0.400. The third-order valence-corrected chi connectivity index (χ3v) is 5.20. The van der Waals surface area contributed by atoms with Crippen LogP contribution in [-0.2, 0) is 16.4 Å². The van der Waals surface area contributed by atoms with Crippen molar-refractivity contribution < 1.29 is 13.5 Å². The van der Waals surface area contributed by atoms with E-state index in [0.717, 1.165) is 17.9 Å². The highest BCUT2D eigenvalue weighted by atomic mass is 35.5. The highest BCUT2D eigenvalue weighted by molar-refractivity contribution is 7.91. The maximum absolute atomic E-state index is 12.4. The van der Waals surface area contributed by atoms with Crippen molar-refractivity contribution in [3.05, 3.63) is 23.2 Å². The van der Waals surface area contributed by atoms with Crippen LogP contribution in [0.25, 0.3) is 10.9 Å². The maximum atomic E-state index is 12.4. The Morgan fingerprint density at radius 2 is 2.25 bits per heavy atom. The van der Waals surface area contributed by atoms with E-state index in [0.29, 0.717) is 29.3 Å². The Labute approximate surface area is 145 Å². The second kappa shape index (κ2) is 6.62. The van der Waals surface area contributed by atoms with Gasteiger partial charge in [0, 0.05) is 29.8 Å². The molecule has 7 nitrogen and oxygen atoms in total. The van der Waals surface area contributed by atoms with Crippen LogP contribution in [0.3, 0.4) is 0 Å². The van der Waals surface area contributed by atoms with E-state index in [4.69, 9.17) is 16.7 Å². The Bertz CT molecular complexity index is 905. The van der Waals surface area contributed by atoms with E-state index in [1.165, 1.54) is 6.26 Å². The number of nitrogens with one attached hydrogen (secondary N) is 2. The van der Waals surface area contributed by atoms with Gasteiger partial charge in [-0.3, -0.25) is 4.99 Å². The number of aliphatic hydroxyl groups excluding tert-OH is 1. The van der Waals surface area contributed by atoms with Gasteiger partial charge in [0.15, 0.2) is 9.84 Å². The summed E-state index contributed by atoms with van der Waals surface area (Å²) in [7, 11) is -3.50. The van der Waals surface area contributed by atoms with Gasteiger partial charge < -0.3 is 20.3 Å². The van der Waals surface area contributed by atoms with Crippen molar-refractivity contribution in [1.29, 1.82) is 0 Å². The summed E-state index contributed by atoms with van der Waals surface area (Å²) in [5, 5.41) is 16.4. The number of halogens is 1. The van der Waals surface area contributed by atoms with Crippen molar-refractivity contribution in [3.63, 3.8) is 0 Å². The lowest BCUT2D eigenvalue weighted by Crippen LogP contribution is -2.25. The number of benzene rings is 1. The lowest BCUT2D eigenvalue weighted by molar-refractivity contribution is 0.310. The van der Waals surface area contributed by atoms with E-state index >= 15 is 0 Å². The summed E-state index contributed by atoms with van der Waals surface area (Å²) in [6.45, 7) is 2.04. The average Bonchev–Trinajstić information content (AvgIpc) is 3.11. The Morgan fingerprint density at radius 1 is 1.46 bits per heavy atom. The van der Waals surface area contributed by atoms with Crippen LogP contribution in [0, 0.1) is 0 Å². The molecular formula is C15H19ClN4O3S. The Hall–Kier alpha value is -1.77. The van der Waals surface area contributed by atoms with Gasteiger partial charge >= 0.3 is 0 Å². The third-order valence-electron chi connectivity index (χ3n) is 3.81. The van der Waals surface area contributed by atoms with E-state index in [1.807, 2.05) is 4.57 Å². The van der Waals surface area contributed by atoms with Crippen LogP contribution in [0.1, 0.15) is 0 Å². The molecule has 3 rings (SSSR count). The van der Waals surface area contributed by atoms with Gasteiger partial charge in [-0.25, -0.2) is 8.42 Å². The quantitative estimate of drug-likeness (QED) is 0.707. The molecule has 0 unspecified atom stereocenters. The Morgan fingerprint density at radius 3 is 2.88 bits per heavy atom. The monoisotopic (exact) mass is 370 g/mol. The molecule has 1 aromatic heterocycles. The predicted octanol–water partition coefficient (Wildman–Crippen LogP) is 1.10. The molecule has 0 saturated heterocycles. The molecule has 0 aliphatic carbocycles. The lowest BCUT2D eigenvalue weighted by atomic mass is 10.2. The van der Waals surface area contributed by atoms with Gasteiger partial charge in [-0.05, 0) is 18.2 Å². The molecule has 0 spiro atoms. The molecule has 9 heteroatoms. The molecule has 130 valence electrons. The molecule has 24 heavy (non-hydrogen) atoms. The van der Waals surface area contributed by atoms with Crippen LogP contribution in [0.2, 0.25) is 5.02 Å². The molecule has 1 aliphatic heterocycles. The van der Waals surface area contributed by atoms with E-state index in [-0.39, 0.29) is 18.0 Å². The van der Waals surface area contributed by atoms with E-state index in [2.05, 4.69) is 15.6 Å². The minimum atomic E-state index is -3.50. The number of nitrogens with zero attached hydrogens (tertiary/aromatic N) is 2. The topological polar surface area (TPSA) is 95.7 Å². The molecule has 3 N–H and O–H groups in total. The molecule has 0 bridgehead atoms. The minimum Gasteiger partial charge on any atom is -0.395 e. The highest BCUT2D eigenvalue weighted by Gasteiger charge is 2.25. The van der Waals surface area contributed by atoms with E-state index in [1.54, 1.807) is 18.2 Å². The number of rotatable bonds is 6. The summed E-state index contributed by atoms with van der Waals surface area (Å²) in [5.41, 5.74) is 0.747. The zero-order chi connectivity index (χ0) is 17.3. The molecule has 0 amide bonds. The van der Waals surface area contributed by atoms with Crippen molar-refractivity contribution in [2.75, 3.05) is 37.8 Å². The molecule has 1 aromatic carbocycles. The zero-order valence-corrected chi connectivity index (χ0v) is 14.8. The van der Waals surface area contributed by atoms with Crippen molar-refractivity contribution in [2.24, 2.45) is 4.99 Å². The zero-order valence-electron chi connectivity index (χ0n) is 13.2. The first kappa shape index (κ1) is 17.1. The third kappa shape index (κ3) is 3.22. The molecule has 0 atom stereocenters. The van der Waals surface area contributed by atoms with Crippen molar-refractivity contribution in [2.45, 2.75) is 11.4 Å². The SMILES string of the molecule is CS(=O)(=O)c1c(NCCO)n(CC2=NCCN2)c2ccc(Cl)cc12. The highest BCUT2D eigenvalue weighted by Crippen LogP contribution is 2.35. The summed E-state index contributed by atoms with van der Waals surface area (Å²) in [6, 6.07) is 5.18. The molecular weight excluding hydrogens is 352 g/mol. The van der Waals surface area contributed by atoms with Crippen LogP contribution >= 0.6 is 11.6 Å². The van der Waals surface area contributed by atoms with Crippen LogP contribution in [-0.4, -0.2) is 56.4 Å². The van der Waals surface area contributed by atoms with Gasteiger partial charge in [0.25, 0.3) is 0 Å². The number of aromatic nitrogens is 1. The minimum absolute atomic E-state index is 0.106. The van der Waals surface area contributed by atoms with Gasteiger partial charge in [0.05, 0.1) is 25.2 Å². The Balaban J connectivity index is 2.26. The molecule has 0 fully saturated rings. The lowest BCUT2D eigenvalue weighted by Gasteiger charge is -2.13. The van der Waals surface area contributed by atoms with Gasteiger partial charge in [-0.1, -0.05) is 11.6 Å². The summed E-state index contributed by atoms with van der Waals surface area (Å²) in [6.07, 6.45) is 1.17. The van der Waals surface area contributed by atoms with Crippen LogP contribution in [0.4, 0.5) is 5.82 Å². The summed E-state index contributed by atoms with van der Waals surface area (Å²) in [5.74, 6) is 1.24. The fourth-order valence-corrected chi connectivity index (χ4v) is 4.16. The number of hydrogen-bond donors (Lipinski definition) is 3. The number of aliphatic hydroxyl groups is 1. The van der Waals surface area contributed by atoms with E-state index < -0.39 is 9.84 Å². The smallest absolute Gasteiger partial charge is 0.179 e. The molecule has 0 radical (unpaired) electrons. The first-order chi connectivity index (χ1) is 11.4. The number of sulfone groups is 1. The fourth-order valence-electron chi connectivity index (χ4n) is 2.89. The van der Waals surface area contributed by atoms with Gasteiger partial charge in [-0.2, -0.15) is 0 Å². The van der Waals surface area contributed by atoms with Gasteiger partial charge in [-0.15, -0.1) is 0 Å². The summed E-state index contributed by atoms with van der Waals surface area (Å²) < 4.78 is 26.6. The van der Waals surface area contributed by atoms with Crippen molar-refractivity contribution in [3.8, 4) is 0 Å². The normalized spacial score (nSPS) is 14.7. The Kier molecular flexibility index (Phi) is 4.71. The number of hydrogen-bond acceptors (Lipinski definition) is 6. The standard InChI is InChI=1S/C15H19ClN4O3S/c1-24(22,23)14-11-8-10(16)2-3-12(11)20(15(14)19-6-7-21)9-13-17-4-5-18-13/h2-3,8,19,21H,4-7,9H2,1H3,(H,17,18). The van der Waals surface area contributed by atoms with Crippen molar-refractivity contribution in [1.82, 2.24) is 9.88 Å². The van der Waals surface area contributed by atoms with Crippen LogP contribution in [0.5, 0.6) is 0 Å². The number of fused-ring (bicyclic) bond motifs is 1. The van der Waals surface area contributed by atoms with E-state index in [9.17, 15) is 8.42 Å². The predicted molar refractivity (Wildman–Crippen MR) is 95.9 cm³/mol. The molecule has 1 aliphatic rings. The molecule has 2 aromatic rings. The van der Waals surface area contributed by atoms with Crippen LogP contribution < -0.4 is 10.6 Å². The summed E-state index contributed by atoms with van der Waals surface area (Å²) >= 11 is 6.08. The number of anilines is 1. The first-order valence-corrected chi connectivity index (χ1v) is 9.82. The average molecular weight is 371 g/mol. The number of aliphatic imine (C=N–C) groups is 1. The van der Waals surface area contributed by atoms with Crippen molar-refractivity contribution >= 4 is 44.0 Å². The summed E-state index contributed by atoms with van der Waals surface area (Å²) in [4.78, 5) is 4.57. The molecule has 0 saturated carbocycles. The molecule has 2 heterocycles. The first-order valence-electron chi connectivity index (χ1n) is 7.55. The second-order valence-corrected chi connectivity index (χ2v) is 7.99. The van der Waals surface area contributed by atoms with Gasteiger partial charge in [0.1, 0.15) is 16.5 Å². The number of amidine groups is 1.